The smallest absolute Gasteiger partial charge is 0.321 e. The third-order valence-electron chi connectivity index (χ3n) is 5.16. The van der Waals surface area contributed by atoms with E-state index in [9.17, 15) is 4.79 Å². The van der Waals surface area contributed by atoms with Crippen molar-refractivity contribution in [2.24, 2.45) is 0 Å². The van der Waals surface area contributed by atoms with Gasteiger partial charge in [-0.3, -0.25) is 4.79 Å². The second-order valence-corrected chi connectivity index (χ2v) is 6.80. The summed E-state index contributed by atoms with van der Waals surface area (Å²) in [7, 11) is 1.64. The highest BCUT2D eigenvalue weighted by Crippen LogP contribution is 2.43. The lowest BCUT2D eigenvalue weighted by Crippen LogP contribution is -2.33. The molecule has 0 aliphatic carbocycles. The summed E-state index contributed by atoms with van der Waals surface area (Å²) in [4.78, 5) is 17.5. The van der Waals surface area contributed by atoms with Crippen molar-refractivity contribution < 1.29 is 14.3 Å². The van der Waals surface area contributed by atoms with Gasteiger partial charge in [-0.2, -0.15) is 0 Å². The summed E-state index contributed by atoms with van der Waals surface area (Å²) in [6.45, 7) is 0.988. The first-order chi connectivity index (χ1) is 13.2. The zero-order valence-corrected chi connectivity index (χ0v) is 16.5. The lowest BCUT2D eigenvalue weighted by molar-refractivity contribution is -0.145. The number of carbonyl (C=O) groups excluding carboxylic acids is 1. The Balaban J connectivity index is 0.00000225. The number of hydrogen-bond donors (Lipinski definition) is 0. The van der Waals surface area contributed by atoms with E-state index in [0.717, 1.165) is 17.0 Å². The van der Waals surface area contributed by atoms with Gasteiger partial charge < -0.3 is 14.0 Å². The first kappa shape index (κ1) is 20.1. The molecule has 2 aromatic carbocycles. The van der Waals surface area contributed by atoms with Crippen LogP contribution in [0.4, 0.5) is 0 Å². The van der Waals surface area contributed by atoms with Gasteiger partial charge in [-0.1, -0.05) is 60.7 Å². The molecule has 0 amide bonds. The number of aromatic nitrogens is 2. The molecule has 1 fully saturated rings. The lowest BCUT2D eigenvalue weighted by atomic mass is 9.72. The normalized spacial score (nSPS) is 17.8. The third kappa shape index (κ3) is 3.55. The maximum Gasteiger partial charge on any atom is 0.321 e. The summed E-state index contributed by atoms with van der Waals surface area (Å²) in [5.41, 5.74) is 1.15. The molecule has 146 valence electrons. The van der Waals surface area contributed by atoms with Gasteiger partial charge in [0.2, 0.25) is 0 Å². The number of rotatable bonds is 6. The van der Waals surface area contributed by atoms with Gasteiger partial charge in [0.05, 0.1) is 6.54 Å². The maximum atomic E-state index is 13.2. The molecule has 4 rings (SSSR count). The Morgan fingerprint density at radius 2 is 1.71 bits per heavy atom. The average Bonchev–Trinajstić information content (AvgIpc) is 3.28. The second-order valence-electron chi connectivity index (χ2n) is 6.80. The predicted octanol–water partition coefficient (Wildman–Crippen LogP) is 3.75. The summed E-state index contributed by atoms with van der Waals surface area (Å²) in [5, 5.41) is 0. The Labute approximate surface area is 170 Å². The van der Waals surface area contributed by atoms with Gasteiger partial charge in [0.25, 0.3) is 0 Å². The van der Waals surface area contributed by atoms with E-state index in [1.807, 2.05) is 71.4 Å². The van der Waals surface area contributed by atoms with E-state index in [1.54, 1.807) is 13.3 Å². The Morgan fingerprint density at radius 3 is 2.29 bits per heavy atom. The number of esters is 1. The number of cyclic esters (lactones) is 1. The molecule has 1 aliphatic rings. The molecule has 0 bridgehead atoms. The van der Waals surface area contributed by atoms with E-state index >= 15 is 0 Å². The first-order valence-electron chi connectivity index (χ1n) is 9.05. The van der Waals surface area contributed by atoms with E-state index < -0.39 is 5.41 Å². The van der Waals surface area contributed by atoms with E-state index in [2.05, 4.69) is 4.98 Å². The number of carbonyl (C=O) groups is 1. The van der Waals surface area contributed by atoms with Gasteiger partial charge in [-0.05, 0) is 11.1 Å². The van der Waals surface area contributed by atoms with Gasteiger partial charge >= 0.3 is 5.97 Å². The van der Waals surface area contributed by atoms with Crippen LogP contribution >= 0.6 is 12.4 Å². The average molecular weight is 399 g/mol. The number of imidazole rings is 1. The maximum absolute atomic E-state index is 13.2. The number of hydrogen-bond acceptors (Lipinski definition) is 4. The molecule has 1 aliphatic heterocycles. The fourth-order valence-corrected chi connectivity index (χ4v) is 3.90. The number of methoxy groups -OCH3 is 1. The SMILES string of the molecule is COCc1nccn1CC1CC(c2ccccc2)(c2ccccc2)C(=O)O1.Cl. The van der Waals surface area contributed by atoms with E-state index in [1.165, 1.54) is 0 Å². The minimum Gasteiger partial charge on any atom is -0.459 e. The molecule has 0 spiro atoms. The van der Waals surface area contributed by atoms with Crippen LogP contribution < -0.4 is 0 Å². The van der Waals surface area contributed by atoms with Crippen LogP contribution in [-0.2, 0) is 32.8 Å². The number of halogens is 1. The highest BCUT2D eigenvalue weighted by atomic mass is 35.5. The second kappa shape index (κ2) is 8.59. The highest BCUT2D eigenvalue weighted by Gasteiger charge is 2.51. The Bertz CT molecular complexity index is 872. The monoisotopic (exact) mass is 398 g/mol. The van der Waals surface area contributed by atoms with Crippen LogP contribution in [0.15, 0.2) is 73.1 Å². The fraction of sp³-hybridized carbons (Fsp3) is 0.273. The molecule has 0 saturated carbocycles. The van der Waals surface area contributed by atoms with Crippen molar-refractivity contribution in [3.8, 4) is 0 Å². The molecule has 0 radical (unpaired) electrons. The molecular weight excluding hydrogens is 376 g/mol. The van der Waals surface area contributed by atoms with Crippen molar-refractivity contribution in [2.75, 3.05) is 7.11 Å². The van der Waals surface area contributed by atoms with Crippen molar-refractivity contribution in [1.29, 1.82) is 0 Å². The molecule has 5 nitrogen and oxygen atoms in total. The number of nitrogens with zero attached hydrogens (tertiary/aromatic N) is 2. The fourth-order valence-electron chi connectivity index (χ4n) is 3.90. The molecule has 28 heavy (non-hydrogen) atoms. The van der Waals surface area contributed by atoms with Crippen molar-refractivity contribution in [2.45, 2.75) is 31.1 Å². The minimum absolute atomic E-state index is 0. The van der Waals surface area contributed by atoms with Gasteiger partial charge in [0.15, 0.2) is 0 Å². The summed E-state index contributed by atoms with van der Waals surface area (Å²) in [6.07, 6.45) is 3.99. The zero-order chi connectivity index (χ0) is 18.7. The van der Waals surface area contributed by atoms with Crippen LogP contribution in [0.3, 0.4) is 0 Å². The van der Waals surface area contributed by atoms with Crippen LogP contribution in [0.25, 0.3) is 0 Å². The number of ether oxygens (including phenoxy) is 2. The summed E-state index contributed by atoms with van der Waals surface area (Å²) in [6, 6.07) is 19.8. The van der Waals surface area contributed by atoms with Crippen molar-refractivity contribution in [3.63, 3.8) is 0 Å². The Kier molecular flexibility index (Phi) is 6.17. The van der Waals surface area contributed by atoms with Crippen molar-refractivity contribution >= 4 is 18.4 Å². The van der Waals surface area contributed by atoms with E-state index in [0.29, 0.717) is 19.6 Å². The topological polar surface area (TPSA) is 53.4 Å². The minimum atomic E-state index is -0.783. The molecule has 2 heterocycles. The van der Waals surface area contributed by atoms with Crippen LogP contribution in [-0.4, -0.2) is 28.7 Å². The molecule has 3 aromatic rings. The molecule has 1 aromatic heterocycles. The predicted molar refractivity (Wildman–Crippen MR) is 108 cm³/mol. The molecule has 1 saturated heterocycles. The summed E-state index contributed by atoms with van der Waals surface area (Å²) < 4.78 is 13.1. The van der Waals surface area contributed by atoms with Gasteiger partial charge in [-0.25, -0.2) is 4.98 Å². The first-order valence-corrected chi connectivity index (χ1v) is 9.05. The standard InChI is InChI=1S/C22H22N2O3.ClH/c1-26-16-20-23-12-13-24(20)15-19-14-22(21(25)27-19,17-8-4-2-5-9-17)18-10-6-3-7-11-18;/h2-13,19H,14-16H2,1H3;1H. The molecule has 0 N–H and O–H groups in total. The Hall–Kier alpha value is -2.63. The van der Waals surface area contributed by atoms with E-state index in [-0.39, 0.29) is 24.5 Å². The number of benzene rings is 2. The van der Waals surface area contributed by atoms with Crippen molar-refractivity contribution in [1.82, 2.24) is 9.55 Å². The summed E-state index contributed by atoms with van der Waals surface area (Å²) >= 11 is 0. The largest absolute Gasteiger partial charge is 0.459 e. The molecule has 1 atom stereocenters. The van der Waals surface area contributed by atoms with Gasteiger partial charge in [-0.15, -0.1) is 12.4 Å². The van der Waals surface area contributed by atoms with Crippen LogP contribution in [0.1, 0.15) is 23.4 Å². The van der Waals surface area contributed by atoms with Crippen molar-refractivity contribution in [3.05, 3.63) is 90.0 Å². The van der Waals surface area contributed by atoms with Gasteiger partial charge in [0, 0.05) is 25.9 Å². The van der Waals surface area contributed by atoms with E-state index in [4.69, 9.17) is 9.47 Å². The van der Waals surface area contributed by atoms with Crippen LogP contribution in [0.5, 0.6) is 0 Å². The van der Waals surface area contributed by atoms with Gasteiger partial charge in [0.1, 0.15) is 24.0 Å². The zero-order valence-electron chi connectivity index (χ0n) is 15.7. The molecule has 6 heteroatoms. The molecule has 1 unspecified atom stereocenters. The quantitative estimate of drug-likeness (QED) is 0.593. The Morgan fingerprint density at radius 1 is 1.11 bits per heavy atom. The third-order valence-corrected chi connectivity index (χ3v) is 5.16. The highest BCUT2D eigenvalue weighted by molar-refractivity contribution is 5.89. The van der Waals surface area contributed by atoms with Crippen LogP contribution in [0.2, 0.25) is 0 Å². The van der Waals surface area contributed by atoms with Crippen LogP contribution in [0, 0.1) is 0 Å². The summed E-state index contributed by atoms with van der Waals surface area (Å²) in [5.74, 6) is 0.628. The molecular formula is C22H23ClN2O3. The lowest BCUT2D eigenvalue weighted by Gasteiger charge is -2.26.